The van der Waals surface area contributed by atoms with Gasteiger partial charge in [0.2, 0.25) is 0 Å². The van der Waals surface area contributed by atoms with Crippen LogP contribution in [0.25, 0.3) is 10.8 Å². The topological polar surface area (TPSA) is 83.8 Å². The van der Waals surface area contributed by atoms with Gasteiger partial charge >= 0.3 is 5.97 Å². The fourth-order valence-electron chi connectivity index (χ4n) is 1.81. The van der Waals surface area contributed by atoms with E-state index in [1.807, 2.05) is 0 Å². The van der Waals surface area contributed by atoms with Gasteiger partial charge in [-0.1, -0.05) is 0 Å². The van der Waals surface area contributed by atoms with Gasteiger partial charge in [0, 0.05) is 0 Å². The van der Waals surface area contributed by atoms with Crippen molar-refractivity contribution in [1.82, 2.24) is 0 Å². The van der Waals surface area contributed by atoms with Gasteiger partial charge in [-0.25, -0.2) is 4.79 Å². The standard InChI is InChI=1S/C13H10O5/c1-18-8-2-3-9-7(4-8)5-10(13(16)17)12(15)11(9)6-14/h2-6,15H,1H3,(H,16,17). The van der Waals surface area contributed by atoms with E-state index in [9.17, 15) is 14.7 Å². The summed E-state index contributed by atoms with van der Waals surface area (Å²) in [5, 5.41) is 19.7. The molecule has 0 aliphatic heterocycles. The van der Waals surface area contributed by atoms with E-state index in [0.717, 1.165) is 0 Å². The molecule has 0 spiro atoms. The largest absolute Gasteiger partial charge is 0.506 e. The molecule has 0 saturated heterocycles. The number of carboxylic acids is 1. The molecule has 2 aromatic carbocycles. The number of aromatic carboxylic acids is 1. The highest BCUT2D eigenvalue weighted by atomic mass is 16.5. The second-order valence-corrected chi connectivity index (χ2v) is 3.70. The zero-order chi connectivity index (χ0) is 13.3. The molecular weight excluding hydrogens is 236 g/mol. The van der Waals surface area contributed by atoms with Crippen LogP contribution in [0, 0.1) is 0 Å². The number of fused-ring (bicyclic) bond motifs is 1. The van der Waals surface area contributed by atoms with E-state index in [4.69, 9.17) is 9.84 Å². The molecule has 2 rings (SSSR count). The third kappa shape index (κ3) is 1.75. The summed E-state index contributed by atoms with van der Waals surface area (Å²) in [6.45, 7) is 0. The minimum Gasteiger partial charge on any atom is -0.506 e. The first-order chi connectivity index (χ1) is 8.58. The average molecular weight is 246 g/mol. The van der Waals surface area contributed by atoms with Crippen molar-refractivity contribution in [2.75, 3.05) is 7.11 Å². The Labute approximate surface area is 102 Å². The first kappa shape index (κ1) is 11.9. The van der Waals surface area contributed by atoms with Gasteiger partial charge in [0.15, 0.2) is 6.29 Å². The summed E-state index contributed by atoms with van der Waals surface area (Å²) in [4.78, 5) is 22.0. The Hall–Kier alpha value is -2.56. The lowest BCUT2D eigenvalue weighted by molar-refractivity contribution is 0.0694. The summed E-state index contributed by atoms with van der Waals surface area (Å²) in [6, 6.07) is 6.15. The normalized spacial score (nSPS) is 10.3. The Kier molecular flexibility index (Phi) is 2.89. The number of rotatable bonds is 3. The van der Waals surface area contributed by atoms with Gasteiger partial charge < -0.3 is 14.9 Å². The molecule has 2 aromatic rings. The first-order valence-corrected chi connectivity index (χ1v) is 5.10. The van der Waals surface area contributed by atoms with Gasteiger partial charge in [0.1, 0.15) is 17.1 Å². The molecule has 18 heavy (non-hydrogen) atoms. The van der Waals surface area contributed by atoms with Gasteiger partial charge in [0.05, 0.1) is 12.7 Å². The molecule has 0 radical (unpaired) electrons. The maximum absolute atomic E-state index is 11.0. The lowest BCUT2D eigenvalue weighted by atomic mass is 10.00. The molecule has 0 amide bonds. The van der Waals surface area contributed by atoms with Crippen LogP contribution in [0.4, 0.5) is 0 Å². The molecule has 0 heterocycles. The summed E-state index contributed by atoms with van der Waals surface area (Å²) >= 11 is 0. The van der Waals surface area contributed by atoms with E-state index in [1.54, 1.807) is 18.2 Å². The molecule has 0 atom stereocenters. The van der Waals surface area contributed by atoms with Crippen molar-refractivity contribution in [2.24, 2.45) is 0 Å². The highest BCUT2D eigenvalue weighted by Crippen LogP contribution is 2.32. The van der Waals surface area contributed by atoms with Crippen LogP contribution in [-0.4, -0.2) is 29.6 Å². The maximum Gasteiger partial charge on any atom is 0.339 e. The molecule has 0 fully saturated rings. The highest BCUT2D eigenvalue weighted by molar-refractivity contribution is 6.07. The molecule has 2 N–H and O–H groups in total. The molecule has 92 valence electrons. The number of ether oxygens (including phenoxy) is 1. The van der Waals surface area contributed by atoms with Crippen molar-refractivity contribution in [3.8, 4) is 11.5 Å². The number of carboxylic acid groups (broad SMARTS) is 1. The van der Waals surface area contributed by atoms with Crippen molar-refractivity contribution < 1.29 is 24.5 Å². The molecule has 0 unspecified atom stereocenters. The lowest BCUT2D eigenvalue weighted by Crippen LogP contribution is -2.00. The summed E-state index contributed by atoms with van der Waals surface area (Å²) < 4.78 is 5.03. The number of benzene rings is 2. The molecule has 5 heteroatoms. The third-order valence-corrected chi connectivity index (χ3v) is 2.71. The first-order valence-electron chi connectivity index (χ1n) is 5.10. The Balaban J connectivity index is 2.87. The number of carbonyl (C=O) groups is 2. The number of carbonyl (C=O) groups excluding carboxylic acids is 1. The van der Waals surface area contributed by atoms with Crippen LogP contribution in [0.1, 0.15) is 20.7 Å². The smallest absolute Gasteiger partial charge is 0.339 e. The summed E-state index contributed by atoms with van der Waals surface area (Å²) in [5.74, 6) is -1.27. The Bertz CT molecular complexity index is 645. The minimum atomic E-state index is -1.29. The lowest BCUT2D eigenvalue weighted by Gasteiger charge is -2.08. The van der Waals surface area contributed by atoms with Crippen LogP contribution in [-0.2, 0) is 0 Å². The van der Waals surface area contributed by atoms with Crippen molar-refractivity contribution in [2.45, 2.75) is 0 Å². The summed E-state index contributed by atoms with van der Waals surface area (Å²) in [7, 11) is 1.49. The predicted molar refractivity (Wildman–Crippen MR) is 64.5 cm³/mol. The van der Waals surface area contributed by atoms with Crippen LogP contribution in [0.3, 0.4) is 0 Å². The number of hydrogen-bond donors (Lipinski definition) is 2. The van der Waals surface area contributed by atoms with Gasteiger partial charge in [0.25, 0.3) is 0 Å². The van der Waals surface area contributed by atoms with Crippen molar-refractivity contribution in [3.05, 3.63) is 35.4 Å². The van der Waals surface area contributed by atoms with Crippen LogP contribution in [0.15, 0.2) is 24.3 Å². The fraction of sp³-hybridized carbons (Fsp3) is 0.0769. The van der Waals surface area contributed by atoms with Gasteiger partial charge in [-0.15, -0.1) is 0 Å². The third-order valence-electron chi connectivity index (χ3n) is 2.71. The number of aldehydes is 1. The van der Waals surface area contributed by atoms with E-state index >= 15 is 0 Å². The monoisotopic (exact) mass is 246 g/mol. The number of aromatic hydroxyl groups is 1. The Morgan fingerprint density at radius 3 is 2.61 bits per heavy atom. The van der Waals surface area contributed by atoms with Crippen LogP contribution >= 0.6 is 0 Å². The zero-order valence-electron chi connectivity index (χ0n) is 9.51. The highest BCUT2D eigenvalue weighted by Gasteiger charge is 2.17. The van der Waals surface area contributed by atoms with Crippen LogP contribution < -0.4 is 4.74 Å². The minimum absolute atomic E-state index is 0.0347. The number of methoxy groups -OCH3 is 1. The molecule has 0 aliphatic rings. The zero-order valence-corrected chi connectivity index (χ0v) is 9.51. The Morgan fingerprint density at radius 1 is 1.33 bits per heavy atom. The van der Waals surface area contributed by atoms with Crippen LogP contribution in [0.2, 0.25) is 0 Å². The van der Waals surface area contributed by atoms with Crippen molar-refractivity contribution in [1.29, 1.82) is 0 Å². The van der Waals surface area contributed by atoms with Gasteiger partial charge in [-0.05, 0) is 35.0 Å². The second kappa shape index (κ2) is 4.37. The molecular formula is C13H10O5. The second-order valence-electron chi connectivity index (χ2n) is 3.70. The molecule has 0 saturated carbocycles. The molecule has 5 nitrogen and oxygen atoms in total. The van der Waals surface area contributed by atoms with Crippen molar-refractivity contribution in [3.63, 3.8) is 0 Å². The molecule has 0 aliphatic carbocycles. The van der Waals surface area contributed by atoms with E-state index in [0.29, 0.717) is 22.8 Å². The maximum atomic E-state index is 11.0. The average Bonchev–Trinajstić information content (AvgIpc) is 2.37. The van der Waals surface area contributed by atoms with E-state index in [2.05, 4.69) is 0 Å². The molecule has 0 bridgehead atoms. The van der Waals surface area contributed by atoms with Crippen LogP contribution in [0.5, 0.6) is 11.5 Å². The van der Waals surface area contributed by atoms with Crippen molar-refractivity contribution >= 4 is 23.0 Å². The predicted octanol–water partition coefficient (Wildman–Crippen LogP) is 2.06. The number of phenols is 1. The SMILES string of the molecule is COc1ccc2c(C=O)c(O)c(C(=O)O)cc2c1. The molecule has 0 aromatic heterocycles. The summed E-state index contributed by atoms with van der Waals surface area (Å²) in [6.07, 6.45) is 0.441. The fourth-order valence-corrected chi connectivity index (χ4v) is 1.81. The van der Waals surface area contributed by atoms with E-state index in [1.165, 1.54) is 13.2 Å². The van der Waals surface area contributed by atoms with Gasteiger partial charge in [-0.3, -0.25) is 4.79 Å². The Morgan fingerprint density at radius 2 is 2.06 bits per heavy atom. The van der Waals surface area contributed by atoms with Gasteiger partial charge in [-0.2, -0.15) is 0 Å². The summed E-state index contributed by atoms with van der Waals surface area (Å²) in [5.41, 5.74) is -0.342. The quantitative estimate of drug-likeness (QED) is 0.810. The number of hydrogen-bond acceptors (Lipinski definition) is 4. The van der Waals surface area contributed by atoms with E-state index < -0.39 is 11.7 Å². The van der Waals surface area contributed by atoms with E-state index in [-0.39, 0.29) is 11.1 Å².